The molecule has 0 aromatic heterocycles. The van der Waals surface area contributed by atoms with Crippen LogP contribution in [0.15, 0.2) is 24.3 Å². The molecule has 0 saturated carbocycles. The molecule has 11 heavy (non-hydrogen) atoms. The number of hydrogen-bond acceptors (Lipinski definition) is 2. The van der Waals surface area contributed by atoms with Gasteiger partial charge >= 0.3 is 0 Å². The molecule has 0 bridgehead atoms. The van der Waals surface area contributed by atoms with E-state index in [9.17, 15) is 0 Å². The second kappa shape index (κ2) is 3.98. The van der Waals surface area contributed by atoms with Crippen LogP contribution in [0.1, 0.15) is 5.56 Å². The summed E-state index contributed by atoms with van der Waals surface area (Å²) in [6, 6.07) is 8.04. The molecule has 0 spiro atoms. The van der Waals surface area contributed by atoms with E-state index < -0.39 is 0 Å². The first kappa shape index (κ1) is 8.08. The Morgan fingerprint density at radius 2 is 1.91 bits per heavy atom. The predicted octanol–water partition coefficient (Wildman–Crippen LogP) is 1.39. The zero-order valence-electron chi connectivity index (χ0n) is 6.51. The topological polar surface area (TPSA) is 38.0 Å². The first-order valence-corrected chi connectivity index (χ1v) is 3.69. The molecule has 2 nitrogen and oxygen atoms in total. The molecule has 1 aromatic rings. The standard InChI is InChI=1S/C9H13N2/c1-2-11-9-5-3-8(7-10)4-6-9/h3-6,11H,1-2,7,10H2. The van der Waals surface area contributed by atoms with Crippen molar-refractivity contribution in [3.63, 3.8) is 0 Å². The maximum absolute atomic E-state index is 5.44. The lowest BCUT2D eigenvalue weighted by Crippen LogP contribution is -1.98. The minimum atomic E-state index is 0.602. The van der Waals surface area contributed by atoms with Gasteiger partial charge in [-0.25, -0.2) is 0 Å². The van der Waals surface area contributed by atoms with Gasteiger partial charge in [0, 0.05) is 18.8 Å². The molecule has 0 amide bonds. The highest BCUT2D eigenvalue weighted by atomic mass is 14.8. The van der Waals surface area contributed by atoms with Crippen LogP contribution in [0.2, 0.25) is 0 Å². The lowest BCUT2D eigenvalue weighted by Gasteiger charge is -2.02. The summed E-state index contributed by atoms with van der Waals surface area (Å²) >= 11 is 0. The summed E-state index contributed by atoms with van der Waals surface area (Å²) in [4.78, 5) is 0. The molecule has 0 aliphatic rings. The molecule has 0 aliphatic carbocycles. The van der Waals surface area contributed by atoms with Gasteiger partial charge in [-0.2, -0.15) is 0 Å². The fourth-order valence-electron chi connectivity index (χ4n) is 0.903. The van der Waals surface area contributed by atoms with Crippen molar-refractivity contribution in [1.29, 1.82) is 0 Å². The van der Waals surface area contributed by atoms with Crippen LogP contribution in [0.25, 0.3) is 0 Å². The Morgan fingerprint density at radius 1 is 1.27 bits per heavy atom. The van der Waals surface area contributed by atoms with Crippen LogP contribution in [0, 0.1) is 6.92 Å². The molecule has 1 aromatic carbocycles. The van der Waals surface area contributed by atoms with E-state index in [0.717, 1.165) is 11.3 Å². The summed E-state index contributed by atoms with van der Waals surface area (Å²) < 4.78 is 0. The molecule has 3 N–H and O–H groups in total. The number of hydrogen-bond donors (Lipinski definition) is 2. The third-order valence-corrected chi connectivity index (χ3v) is 1.52. The van der Waals surface area contributed by atoms with Gasteiger partial charge in [0.2, 0.25) is 0 Å². The van der Waals surface area contributed by atoms with Gasteiger partial charge in [-0.1, -0.05) is 12.1 Å². The normalized spacial score (nSPS) is 9.64. The van der Waals surface area contributed by atoms with Crippen molar-refractivity contribution in [2.45, 2.75) is 6.54 Å². The molecule has 1 rings (SSSR count). The molecule has 0 unspecified atom stereocenters. The van der Waals surface area contributed by atoms with Crippen molar-refractivity contribution < 1.29 is 0 Å². The average molecular weight is 149 g/mol. The van der Waals surface area contributed by atoms with Gasteiger partial charge < -0.3 is 11.1 Å². The van der Waals surface area contributed by atoms with Gasteiger partial charge in [0.15, 0.2) is 0 Å². The number of nitrogens with one attached hydrogen (secondary N) is 1. The minimum Gasteiger partial charge on any atom is -0.385 e. The van der Waals surface area contributed by atoms with E-state index in [0.29, 0.717) is 13.1 Å². The summed E-state index contributed by atoms with van der Waals surface area (Å²) in [5, 5.41) is 3.11. The number of nitrogens with two attached hydrogens (primary N) is 1. The van der Waals surface area contributed by atoms with Gasteiger partial charge in [0.05, 0.1) is 0 Å². The maximum atomic E-state index is 5.44. The summed E-state index contributed by atoms with van der Waals surface area (Å²) in [5.41, 5.74) is 7.69. The van der Waals surface area contributed by atoms with Gasteiger partial charge in [0.25, 0.3) is 0 Å². The van der Waals surface area contributed by atoms with E-state index in [2.05, 4.69) is 12.2 Å². The molecule has 0 aliphatic heterocycles. The second-order valence-corrected chi connectivity index (χ2v) is 2.33. The van der Waals surface area contributed by atoms with Gasteiger partial charge in [-0.3, -0.25) is 0 Å². The summed E-state index contributed by atoms with van der Waals surface area (Å²) in [6.45, 7) is 5.00. The molecular weight excluding hydrogens is 136 g/mol. The zero-order valence-corrected chi connectivity index (χ0v) is 6.51. The molecular formula is C9H13N2. The lowest BCUT2D eigenvalue weighted by molar-refractivity contribution is 1.07. The summed E-state index contributed by atoms with van der Waals surface area (Å²) in [7, 11) is 0. The van der Waals surface area contributed by atoms with Gasteiger partial charge in [0.1, 0.15) is 0 Å². The van der Waals surface area contributed by atoms with E-state index in [-0.39, 0.29) is 0 Å². The smallest absolute Gasteiger partial charge is 0.0340 e. The maximum Gasteiger partial charge on any atom is 0.0340 e. The Labute approximate surface area is 67.4 Å². The highest BCUT2D eigenvalue weighted by Crippen LogP contribution is 2.07. The van der Waals surface area contributed by atoms with Crippen molar-refractivity contribution in [1.82, 2.24) is 0 Å². The third-order valence-electron chi connectivity index (χ3n) is 1.52. The Bertz CT molecular complexity index is 203. The largest absolute Gasteiger partial charge is 0.385 e. The Morgan fingerprint density at radius 3 is 2.36 bits per heavy atom. The number of anilines is 1. The van der Waals surface area contributed by atoms with Gasteiger partial charge in [-0.05, 0) is 24.6 Å². The molecule has 0 saturated heterocycles. The Hall–Kier alpha value is -1.02. The first-order chi connectivity index (χ1) is 5.36. The first-order valence-electron chi connectivity index (χ1n) is 3.69. The molecule has 0 heterocycles. The fourth-order valence-corrected chi connectivity index (χ4v) is 0.903. The van der Waals surface area contributed by atoms with Gasteiger partial charge in [-0.15, -0.1) is 0 Å². The number of rotatable bonds is 3. The molecule has 59 valence electrons. The quantitative estimate of drug-likeness (QED) is 0.681. The SMILES string of the molecule is [CH2]CNc1ccc(CN)cc1. The van der Waals surface area contributed by atoms with E-state index >= 15 is 0 Å². The van der Waals surface area contributed by atoms with Crippen LogP contribution in [0.5, 0.6) is 0 Å². The Kier molecular flexibility index (Phi) is 2.93. The van der Waals surface area contributed by atoms with Crippen LogP contribution >= 0.6 is 0 Å². The Balaban J connectivity index is 2.66. The second-order valence-electron chi connectivity index (χ2n) is 2.33. The van der Waals surface area contributed by atoms with Crippen molar-refractivity contribution in [3.8, 4) is 0 Å². The van der Waals surface area contributed by atoms with Crippen LogP contribution < -0.4 is 11.1 Å². The number of benzene rings is 1. The van der Waals surface area contributed by atoms with Crippen molar-refractivity contribution in [2.75, 3.05) is 11.9 Å². The average Bonchev–Trinajstić information content (AvgIpc) is 2.07. The molecule has 0 atom stereocenters. The monoisotopic (exact) mass is 149 g/mol. The van der Waals surface area contributed by atoms with E-state index in [1.54, 1.807) is 0 Å². The van der Waals surface area contributed by atoms with Crippen LogP contribution in [0.3, 0.4) is 0 Å². The summed E-state index contributed by atoms with van der Waals surface area (Å²) in [5.74, 6) is 0. The van der Waals surface area contributed by atoms with Crippen molar-refractivity contribution in [3.05, 3.63) is 36.8 Å². The van der Waals surface area contributed by atoms with Crippen LogP contribution in [-0.4, -0.2) is 6.54 Å². The predicted molar refractivity (Wildman–Crippen MR) is 48.2 cm³/mol. The highest BCUT2D eigenvalue weighted by molar-refractivity contribution is 5.44. The highest BCUT2D eigenvalue weighted by Gasteiger charge is 1.89. The lowest BCUT2D eigenvalue weighted by atomic mass is 10.2. The van der Waals surface area contributed by atoms with Crippen LogP contribution in [-0.2, 0) is 6.54 Å². The molecule has 0 fully saturated rings. The minimum absolute atomic E-state index is 0.602. The molecule has 1 radical (unpaired) electrons. The zero-order chi connectivity index (χ0) is 8.10. The summed E-state index contributed by atoms with van der Waals surface area (Å²) in [6.07, 6.45) is 0. The third kappa shape index (κ3) is 2.24. The van der Waals surface area contributed by atoms with Crippen LogP contribution in [0.4, 0.5) is 5.69 Å². The van der Waals surface area contributed by atoms with E-state index in [1.807, 2.05) is 24.3 Å². The van der Waals surface area contributed by atoms with Crippen molar-refractivity contribution >= 4 is 5.69 Å². The van der Waals surface area contributed by atoms with Crippen molar-refractivity contribution in [2.24, 2.45) is 5.73 Å². The van der Waals surface area contributed by atoms with E-state index in [4.69, 9.17) is 5.73 Å². The van der Waals surface area contributed by atoms with E-state index in [1.165, 1.54) is 0 Å². The fraction of sp³-hybridized carbons (Fsp3) is 0.222. The molecule has 2 heteroatoms.